The average Bonchev–Trinajstić information content (AvgIpc) is 3.25. The molecule has 0 amide bonds. The van der Waals surface area contributed by atoms with Crippen molar-refractivity contribution in [2.24, 2.45) is 0 Å². The van der Waals surface area contributed by atoms with E-state index >= 15 is 0 Å². The monoisotopic (exact) mass is 599 g/mol. The second kappa shape index (κ2) is 10.8. The first-order valence-corrected chi connectivity index (χ1v) is 16.4. The number of nitrogens with zero attached hydrogens (tertiary/aromatic N) is 3. The van der Waals surface area contributed by atoms with Crippen LogP contribution in [0.1, 0.15) is 12.6 Å². The normalized spacial score (nSPS) is 25.3. The van der Waals surface area contributed by atoms with Crippen molar-refractivity contribution in [2.45, 2.75) is 24.9 Å². The summed E-state index contributed by atoms with van der Waals surface area (Å²) in [6, 6.07) is 0. The van der Waals surface area contributed by atoms with Crippen LogP contribution in [-0.2, 0) is 57.0 Å². The van der Waals surface area contributed by atoms with Crippen LogP contribution >= 0.6 is 23.5 Å². The molecule has 1 fully saturated rings. The number of hydrogen-bond donors (Lipinski definition) is 6. The molecule has 0 bridgehead atoms. The number of fused-ring (bicyclic) bond motifs is 1. The van der Waals surface area contributed by atoms with E-state index < -0.39 is 63.5 Å². The van der Waals surface area contributed by atoms with Gasteiger partial charge in [-0.3, -0.25) is 18.9 Å². The lowest BCUT2D eigenvalue weighted by atomic mass is 10.2. The number of ether oxygens (including phenoxy) is 2. The van der Waals surface area contributed by atoms with Crippen LogP contribution in [0.3, 0.4) is 0 Å². The highest BCUT2D eigenvalue weighted by molar-refractivity contribution is 8.28. The summed E-state index contributed by atoms with van der Waals surface area (Å²) < 4.78 is 59.3. The third-order valence-corrected chi connectivity index (χ3v) is 8.77. The Hall–Kier alpha value is -0.950. The molecule has 6 atom stereocenters. The fourth-order valence-corrected chi connectivity index (χ4v) is 6.57. The summed E-state index contributed by atoms with van der Waals surface area (Å²) in [5.41, 5.74) is 5.09. The lowest BCUT2D eigenvalue weighted by Gasteiger charge is -2.21. The lowest BCUT2D eigenvalue weighted by Crippen LogP contribution is -2.29. The van der Waals surface area contributed by atoms with E-state index in [1.165, 1.54) is 10.9 Å². The molecule has 198 valence electrons. The van der Waals surface area contributed by atoms with Crippen molar-refractivity contribution in [3.8, 4) is 0 Å². The van der Waals surface area contributed by atoms with Gasteiger partial charge in [-0.15, -0.1) is 0 Å². The minimum absolute atomic E-state index is 0.0161. The molecule has 0 aromatic carbocycles. The summed E-state index contributed by atoms with van der Waals surface area (Å²) in [6.45, 7) is -0.734. The molecule has 1 aliphatic heterocycles. The Morgan fingerprint density at radius 1 is 1.29 bits per heavy atom. The van der Waals surface area contributed by atoms with E-state index in [0.717, 1.165) is 0 Å². The summed E-state index contributed by atoms with van der Waals surface area (Å²) in [5, 5.41) is 0. The van der Waals surface area contributed by atoms with Gasteiger partial charge < -0.3 is 34.8 Å². The van der Waals surface area contributed by atoms with E-state index in [0.29, 0.717) is 0 Å². The van der Waals surface area contributed by atoms with Crippen molar-refractivity contribution in [3.63, 3.8) is 0 Å². The Morgan fingerprint density at radius 3 is 2.60 bits per heavy atom. The Kier molecular flexibility index (Phi) is 8.84. The summed E-state index contributed by atoms with van der Waals surface area (Å²) in [5.74, 6) is -0.0439. The number of rotatable bonds is 11. The molecule has 18 nitrogen and oxygen atoms in total. The first-order valence-electron chi connectivity index (χ1n) is 9.13. The van der Waals surface area contributed by atoms with Crippen LogP contribution in [-0.4, -0.2) is 70.1 Å². The first-order chi connectivity index (χ1) is 16.1. The molecule has 2 aromatic heterocycles. The zero-order valence-electron chi connectivity index (χ0n) is 17.5. The molecule has 1 aliphatic rings. The maximum atomic E-state index is 12.1. The highest BCUT2D eigenvalue weighted by Gasteiger charge is 2.43. The van der Waals surface area contributed by atoms with E-state index in [1.807, 2.05) is 0 Å². The smallest absolute Gasteiger partial charge is 0.369 e. The predicted octanol–water partition coefficient (Wildman–Crippen LogP) is -0.615. The molecule has 3 heterocycles. The summed E-state index contributed by atoms with van der Waals surface area (Å²) in [6.07, 6.45) is 0.429. The van der Waals surface area contributed by atoms with Gasteiger partial charge in [-0.05, 0) is 17.4 Å². The number of hydrogen-bond acceptors (Lipinski definition) is 13. The van der Waals surface area contributed by atoms with Gasteiger partial charge >= 0.3 is 23.5 Å². The zero-order chi connectivity index (χ0) is 26.2. The van der Waals surface area contributed by atoms with Crippen molar-refractivity contribution < 1.29 is 55.9 Å². The molecule has 0 spiro atoms. The molecule has 0 saturated carbocycles. The maximum absolute atomic E-state index is 12.1. The minimum Gasteiger partial charge on any atom is -0.369 e. The largest absolute Gasteiger partial charge is 0.490 e. The van der Waals surface area contributed by atoms with Crippen molar-refractivity contribution in [3.05, 3.63) is 16.7 Å². The SMILES string of the molecule is CS(=S)COC1C[C@H](n2cnc3c(=O)[nH]c(N)nc32)O[C@@H]1COP(=O)(O)OP(=O)(O)OP(=O)(O)O. The third-order valence-electron chi connectivity index (χ3n) is 4.21. The molecule has 7 N–H and O–H groups in total. The second-order valence-corrected chi connectivity index (χ2v) is 14.4. The maximum Gasteiger partial charge on any atom is 0.490 e. The Bertz CT molecular complexity index is 1310. The first kappa shape index (κ1) is 28.6. The van der Waals surface area contributed by atoms with Gasteiger partial charge in [0.25, 0.3) is 5.56 Å². The number of H-pyrrole nitrogens is 1. The quantitative estimate of drug-likeness (QED) is 0.176. The predicted molar refractivity (Wildman–Crippen MR) is 121 cm³/mol. The van der Waals surface area contributed by atoms with Crippen molar-refractivity contribution in [2.75, 3.05) is 24.5 Å². The van der Waals surface area contributed by atoms with Crippen molar-refractivity contribution in [1.82, 2.24) is 19.5 Å². The van der Waals surface area contributed by atoms with Gasteiger partial charge in [-0.25, -0.2) is 18.7 Å². The average molecular weight is 599 g/mol. The Balaban J connectivity index is 1.77. The van der Waals surface area contributed by atoms with Crippen LogP contribution in [0.5, 0.6) is 0 Å². The highest BCUT2D eigenvalue weighted by atomic mass is 32.8. The number of nitrogens with one attached hydrogen (secondary N) is 1. The van der Waals surface area contributed by atoms with Gasteiger partial charge in [0.15, 0.2) is 11.2 Å². The number of imidazole rings is 1. The fourth-order valence-electron chi connectivity index (χ4n) is 3.00. The van der Waals surface area contributed by atoms with E-state index in [2.05, 4.69) is 28.1 Å². The molecule has 1 saturated heterocycles. The molecule has 3 rings (SSSR count). The number of anilines is 1. The second-order valence-electron chi connectivity index (χ2n) is 6.92. The van der Waals surface area contributed by atoms with Crippen LogP contribution < -0.4 is 11.3 Å². The number of phosphoric ester groups is 1. The summed E-state index contributed by atoms with van der Waals surface area (Å²) >= 11 is 5.09. The van der Waals surface area contributed by atoms with Crippen LogP contribution in [0.25, 0.3) is 11.2 Å². The van der Waals surface area contributed by atoms with E-state index in [9.17, 15) is 28.3 Å². The van der Waals surface area contributed by atoms with E-state index in [1.54, 1.807) is 6.26 Å². The van der Waals surface area contributed by atoms with Gasteiger partial charge in [-0.1, -0.05) is 9.45 Å². The molecule has 0 radical (unpaired) electrons. The Labute approximate surface area is 202 Å². The van der Waals surface area contributed by atoms with Gasteiger partial charge in [0.2, 0.25) is 5.95 Å². The molecular formula is C12H20N5O13P3S2. The van der Waals surface area contributed by atoms with E-state index in [-0.39, 0.29) is 29.5 Å². The van der Waals surface area contributed by atoms with Crippen LogP contribution in [0, 0.1) is 0 Å². The third kappa shape index (κ3) is 8.02. The van der Waals surface area contributed by atoms with Crippen molar-refractivity contribution >= 4 is 61.2 Å². The number of aromatic nitrogens is 4. The summed E-state index contributed by atoms with van der Waals surface area (Å²) in [4.78, 5) is 58.5. The van der Waals surface area contributed by atoms with Gasteiger partial charge in [0, 0.05) is 6.42 Å². The standard InChI is InChI=1S/C12H20N5O13P3S2/c1-35(34)5-26-6-2-8(17-4-14-9-10(17)15-12(13)16-11(9)18)28-7(6)3-27-32(22,23)30-33(24,25)29-31(19,20)21/h4,6-8H,2-3,5H2,1H3,(H,22,23)(H,24,25)(H2,19,20,21)(H3,13,15,16,18)/t6?,7-,8-,35?/m1/s1. The molecule has 23 heteroatoms. The van der Waals surface area contributed by atoms with E-state index in [4.69, 9.17) is 36.2 Å². The minimum atomic E-state index is -5.68. The Morgan fingerprint density at radius 2 is 1.97 bits per heavy atom. The van der Waals surface area contributed by atoms with Gasteiger partial charge in [0.1, 0.15) is 12.3 Å². The van der Waals surface area contributed by atoms with Crippen LogP contribution in [0.4, 0.5) is 5.95 Å². The van der Waals surface area contributed by atoms with Gasteiger partial charge in [0.05, 0.1) is 25.0 Å². The van der Waals surface area contributed by atoms with Crippen LogP contribution in [0.15, 0.2) is 11.1 Å². The van der Waals surface area contributed by atoms with Gasteiger partial charge in [-0.2, -0.15) is 13.6 Å². The highest BCUT2D eigenvalue weighted by Crippen LogP contribution is 2.66. The molecular weight excluding hydrogens is 579 g/mol. The summed E-state index contributed by atoms with van der Waals surface area (Å²) in [7, 11) is -17.2. The molecule has 4 unspecified atom stereocenters. The topological polar surface area (TPSA) is 268 Å². The lowest BCUT2D eigenvalue weighted by molar-refractivity contribution is -0.0523. The molecule has 2 aromatic rings. The number of aromatic amines is 1. The van der Waals surface area contributed by atoms with Crippen LogP contribution in [0.2, 0.25) is 0 Å². The fraction of sp³-hybridized carbons (Fsp3) is 0.583. The number of phosphoric acid groups is 3. The van der Waals surface area contributed by atoms with Crippen molar-refractivity contribution in [1.29, 1.82) is 0 Å². The zero-order valence-corrected chi connectivity index (χ0v) is 21.8. The number of nitrogens with two attached hydrogens (primary N) is 1. The molecule has 0 aliphatic carbocycles. The number of nitrogen functional groups attached to an aromatic ring is 1. The molecule has 35 heavy (non-hydrogen) atoms.